The molecule has 5 rings (SSSR count). The third kappa shape index (κ3) is 3.07. The van der Waals surface area contributed by atoms with Gasteiger partial charge in [-0.3, -0.25) is 9.59 Å². The summed E-state index contributed by atoms with van der Waals surface area (Å²) in [6, 6.07) is 15.0. The minimum Gasteiger partial charge on any atom is -0.349 e. The fraction of sp³-hybridized carbons (Fsp3) is 0.143. The van der Waals surface area contributed by atoms with E-state index >= 15 is 0 Å². The molecule has 8 heteroatoms. The van der Waals surface area contributed by atoms with Crippen LogP contribution in [0.15, 0.2) is 59.5 Å². The van der Waals surface area contributed by atoms with E-state index in [1.54, 1.807) is 28.0 Å². The highest BCUT2D eigenvalue weighted by Gasteiger charge is 2.18. The maximum atomic E-state index is 12.8. The number of carbonyl (C=O) groups is 1. The predicted octanol–water partition coefficient (Wildman–Crippen LogP) is 3.15. The van der Waals surface area contributed by atoms with E-state index in [4.69, 9.17) is 0 Å². The Morgan fingerprint density at radius 3 is 2.86 bits per heavy atom. The Kier molecular flexibility index (Phi) is 4.13. The Bertz CT molecular complexity index is 1400. The van der Waals surface area contributed by atoms with E-state index in [1.165, 1.54) is 6.20 Å². The maximum Gasteiger partial charge on any atom is 0.259 e. The van der Waals surface area contributed by atoms with Crippen LogP contribution >= 0.6 is 11.3 Å². The molecule has 0 saturated carbocycles. The summed E-state index contributed by atoms with van der Waals surface area (Å²) in [6.07, 6.45) is 2.11. The number of hydrogen-bond acceptors (Lipinski definition) is 5. The molecule has 0 spiro atoms. The van der Waals surface area contributed by atoms with Crippen LogP contribution in [0, 0.1) is 0 Å². The Labute approximate surface area is 169 Å². The van der Waals surface area contributed by atoms with Crippen molar-refractivity contribution in [1.82, 2.24) is 24.9 Å². The van der Waals surface area contributed by atoms with Gasteiger partial charge in [-0.1, -0.05) is 24.3 Å². The van der Waals surface area contributed by atoms with Crippen molar-refractivity contribution in [2.24, 2.45) is 0 Å². The number of carbonyl (C=O) groups excluding carboxylic acids is 1. The summed E-state index contributed by atoms with van der Waals surface area (Å²) in [7, 11) is 0. The largest absolute Gasteiger partial charge is 0.349 e. The Morgan fingerprint density at radius 2 is 2.00 bits per heavy atom. The van der Waals surface area contributed by atoms with Crippen molar-refractivity contribution in [3.8, 4) is 0 Å². The zero-order valence-corrected chi connectivity index (χ0v) is 16.4. The fourth-order valence-corrected chi connectivity index (χ4v) is 4.56. The smallest absolute Gasteiger partial charge is 0.259 e. The molecule has 0 aliphatic rings. The van der Waals surface area contributed by atoms with Crippen LogP contribution in [0.4, 0.5) is 0 Å². The van der Waals surface area contributed by atoms with Gasteiger partial charge in [0, 0.05) is 12.5 Å². The Hall–Kier alpha value is -3.52. The summed E-state index contributed by atoms with van der Waals surface area (Å²) >= 11 is 1.63. The lowest BCUT2D eigenvalue weighted by molar-refractivity contribution is 0.0941. The number of H-pyrrole nitrogens is 1. The number of nitrogens with zero attached hydrogens (tertiary/aromatic N) is 3. The topological polar surface area (TPSA) is 92.2 Å². The number of aromatic amines is 1. The van der Waals surface area contributed by atoms with Gasteiger partial charge in [-0.05, 0) is 31.2 Å². The van der Waals surface area contributed by atoms with Crippen LogP contribution < -0.4 is 10.9 Å². The first-order valence-electron chi connectivity index (χ1n) is 9.24. The molecule has 0 radical (unpaired) electrons. The molecule has 3 heterocycles. The van der Waals surface area contributed by atoms with Crippen LogP contribution in [0.2, 0.25) is 0 Å². The van der Waals surface area contributed by atoms with Gasteiger partial charge in [-0.2, -0.15) is 5.10 Å². The van der Waals surface area contributed by atoms with Gasteiger partial charge in [0.05, 0.1) is 32.3 Å². The number of fused-ring (bicyclic) bond motifs is 4. The third-order valence-electron chi connectivity index (χ3n) is 4.82. The second-order valence-electron chi connectivity index (χ2n) is 6.94. The fourth-order valence-electron chi connectivity index (χ4n) is 3.46. The molecular formula is C21H17N5O2S. The summed E-state index contributed by atoms with van der Waals surface area (Å²) in [4.78, 5) is 32.6. The first-order chi connectivity index (χ1) is 14.1. The molecule has 29 heavy (non-hydrogen) atoms. The number of rotatable bonds is 4. The monoisotopic (exact) mass is 403 g/mol. The molecule has 1 amide bonds. The molecule has 144 valence electrons. The minimum atomic E-state index is -0.278. The van der Waals surface area contributed by atoms with Crippen LogP contribution in [0.1, 0.15) is 22.3 Å². The second-order valence-corrected chi connectivity index (χ2v) is 8.06. The molecule has 0 aliphatic carbocycles. The molecule has 3 aromatic heterocycles. The lowest BCUT2D eigenvalue weighted by atomic mass is 10.2. The van der Waals surface area contributed by atoms with Gasteiger partial charge in [0.15, 0.2) is 0 Å². The average Bonchev–Trinajstić information content (AvgIpc) is 3.31. The lowest BCUT2D eigenvalue weighted by Crippen LogP contribution is -2.34. The van der Waals surface area contributed by atoms with Crippen LogP contribution in [-0.4, -0.2) is 31.5 Å². The number of hydrogen-bond donors (Lipinski definition) is 2. The van der Waals surface area contributed by atoms with Crippen molar-refractivity contribution in [3.05, 3.63) is 75.7 Å². The summed E-state index contributed by atoms with van der Waals surface area (Å²) in [5, 5.41) is 8.79. The van der Waals surface area contributed by atoms with Crippen molar-refractivity contribution in [2.75, 3.05) is 0 Å². The predicted molar refractivity (Wildman–Crippen MR) is 114 cm³/mol. The summed E-state index contributed by atoms with van der Waals surface area (Å²) in [5.41, 5.74) is 2.11. The molecule has 0 saturated heterocycles. The number of aromatic nitrogens is 4. The van der Waals surface area contributed by atoms with Gasteiger partial charge in [0.1, 0.15) is 11.2 Å². The molecule has 2 N–H and O–H groups in total. The van der Waals surface area contributed by atoms with Gasteiger partial charge in [0.2, 0.25) is 0 Å². The Morgan fingerprint density at radius 1 is 1.21 bits per heavy atom. The van der Waals surface area contributed by atoms with Crippen LogP contribution in [0.3, 0.4) is 0 Å². The molecule has 7 nitrogen and oxygen atoms in total. The molecule has 1 unspecified atom stereocenters. The van der Waals surface area contributed by atoms with Crippen molar-refractivity contribution in [3.63, 3.8) is 0 Å². The first kappa shape index (κ1) is 17.6. The SMILES string of the molecule is CC(Cc1nc2ccccc2s1)NC(=O)c1cnn2c1[nH]c(=O)c1ccccc12. The molecule has 2 aromatic carbocycles. The molecule has 0 fully saturated rings. The average molecular weight is 403 g/mol. The van der Waals surface area contributed by atoms with Gasteiger partial charge < -0.3 is 10.3 Å². The summed E-state index contributed by atoms with van der Waals surface area (Å²) < 4.78 is 2.72. The maximum absolute atomic E-state index is 12.8. The molecular weight excluding hydrogens is 386 g/mol. The van der Waals surface area contributed by atoms with Gasteiger partial charge >= 0.3 is 0 Å². The quantitative estimate of drug-likeness (QED) is 0.482. The van der Waals surface area contributed by atoms with Gasteiger partial charge in [-0.15, -0.1) is 11.3 Å². The van der Waals surface area contributed by atoms with Crippen molar-refractivity contribution < 1.29 is 4.79 Å². The number of thiazole rings is 1. The number of amides is 1. The molecule has 0 bridgehead atoms. The van der Waals surface area contributed by atoms with E-state index in [0.717, 1.165) is 15.2 Å². The summed E-state index contributed by atoms with van der Waals surface area (Å²) in [6.45, 7) is 1.94. The van der Waals surface area contributed by atoms with Gasteiger partial charge in [0.25, 0.3) is 11.5 Å². The molecule has 1 atom stereocenters. The van der Waals surface area contributed by atoms with Crippen LogP contribution in [-0.2, 0) is 6.42 Å². The number of nitrogens with one attached hydrogen (secondary N) is 2. The highest BCUT2D eigenvalue weighted by molar-refractivity contribution is 7.18. The zero-order valence-electron chi connectivity index (χ0n) is 15.5. The van der Waals surface area contributed by atoms with E-state index in [9.17, 15) is 9.59 Å². The highest BCUT2D eigenvalue weighted by atomic mass is 32.1. The van der Waals surface area contributed by atoms with E-state index < -0.39 is 0 Å². The van der Waals surface area contributed by atoms with Crippen molar-refractivity contribution >= 4 is 44.0 Å². The third-order valence-corrected chi connectivity index (χ3v) is 5.88. The van der Waals surface area contributed by atoms with Crippen molar-refractivity contribution in [2.45, 2.75) is 19.4 Å². The summed E-state index contributed by atoms with van der Waals surface area (Å²) in [5.74, 6) is -0.278. The van der Waals surface area contributed by atoms with E-state index in [0.29, 0.717) is 28.5 Å². The minimum absolute atomic E-state index is 0.120. The van der Waals surface area contributed by atoms with E-state index in [1.807, 2.05) is 43.3 Å². The standard InChI is InChI=1S/C21H17N5O2S/c1-12(10-18-24-15-7-3-5-9-17(15)29-18)23-21(28)14-11-22-26-16-8-4-2-6-13(16)20(27)25-19(14)26/h2-9,11-12H,10H2,1H3,(H,23,28)(H,25,27). The molecule has 5 aromatic rings. The zero-order chi connectivity index (χ0) is 20.0. The van der Waals surface area contributed by atoms with E-state index in [2.05, 4.69) is 20.4 Å². The number of benzene rings is 2. The lowest BCUT2D eigenvalue weighted by Gasteiger charge is -2.11. The normalized spacial score (nSPS) is 12.6. The van der Waals surface area contributed by atoms with Crippen molar-refractivity contribution in [1.29, 1.82) is 0 Å². The number of para-hydroxylation sites is 2. The van der Waals surface area contributed by atoms with Gasteiger partial charge in [-0.25, -0.2) is 9.50 Å². The van der Waals surface area contributed by atoms with Crippen LogP contribution in [0.5, 0.6) is 0 Å². The molecule has 0 aliphatic heterocycles. The highest BCUT2D eigenvalue weighted by Crippen LogP contribution is 2.22. The van der Waals surface area contributed by atoms with E-state index in [-0.39, 0.29) is 17.5 Å². The van der Waals surface area contributed by atoms with Crippen LogP contribution in [0.25, 0.3) is 26.8 Å². The Balaban J connectivity index is 1.41. The second kappa shape index (κ2) is 6.82. The first-order valence-corrected chi connectivity index (χ1v) is 10.1.